The largest absolute Gasteiger partial charge is 0.392 e. The Balaban J connectivity index is 2.00. The lowest BCUT2D eigenvalue weighted by Crippen LogP contribution is -2.20. The van der Waals surface area contributed by atoms with Gasteiger partial charge in [0.05, 0.1) is 6.61 Å². The van der Waals surface area contributed by atoms with Crippen LogP contribution < -0.4 is 4.90 Å². The predicted octanol–water partition coefficient (Wildman–Crippen LogP) is 3.02. The first-order valence-electron chi connectivity index (χ1n) is 6.20. The highest BCUT2D eigenvalue weighted by atomic mass is 79.9. The molecule has 100 valence electrons. The average Bonchev–Trinajstić information content (AvgIpc) is 2.45. The molecule has 2 rings (SSSR count). The topological polar surface area (TPSA) is 36.4 Å². The molecule has 0 aliphatic rings. The van der Waals surface area contributed by atoms with Crippen molar-refractivity contribution in [1.29, 1.82) is 0 Å². The van der Waals surface area contributed by atoms with Gasteiger partial charge in [-0.05, 0) is 41.8 Å². The van der Waals surface area contributed by atoms with Gasteiger partial charge in [-0.25, -0.2) is 0 Å². The molecule has 0 aliphatic heterocycles. The second kappa shape index (κ2) is 6.68. The molecule has 3 nitrogen and oxygen atoms in total. The number of pyridine rings is 1. The second-order valence-corrected chi connectivity index (χ2v) is 5.32. The maximum Gasteiger partial charge on any atom is 0.0692 e. The zero-order chi connectivity index (χ0) is 13.7. The van der Waals surface area contributed by atoms with Crippen LogP contribution in [0.1, 0.15) is 11.1 Å². The molecule has 1 N–H and O–H groups in total. The monoisotopic (exact) mass is 320 g/mol. The molecule has 1 aromatic carbocycles. The molecule has 19 heavy (non-hydrogen) atoms. The molecule has 0 radical (unpaired) electrons. The SMILES string of the molecule is CN(CCc1ccncc1)c1ccc(CO)c(Br)c1. The van der Waals surface area contributed by atoms with Gasteiger partial charge in [0.2, 0.25) is 0 Å². The van der Waals surface area contributed by atoms with Crippen molar-refractivity contribution in [3.63, 3.8) is 0 Å². The van der Waals surface area contributed by atoms with E-state index in [1.54, 1.807) is 0 Å². The summed E-state index contributed by atoms with van der Waals surface area (Å²) in [5.41, 5.74) is 3.33. The summed E-state index contributed by atoms with van der Waals surface area (Å²) in [6, 6.07) is 10.1. The van der Waals surface area contributed by atoms with Crippen molar-refractivity contribution in [2.24, 2.45) is 0 Å². The molecule has 0 saturated heterocycles. The molecule has 0 fully saturated rings. The lowest BCUT2D eigenvalue weighted by Gasteiger charge is -2.20. The number of aliphatic hydroxyl groups is 1. The molecule has 0 unspecified atom stereocenters. The van der Waals surface area contributed by atoms with E-state index in [1.165, 1.54) is 5.56 Å². The summed E-state index contributed by atoms with van der Waals surface area (Å²) in [5.74, 6) is 0. The maximum atomic E-state index is 9.15. The highest BCUT2D eigenvalue weighted by Gasteiger charge is 2.05. The van der Waals surface area contributed by atoms with Crippen molar-refractivity contribution < 1.29 is 5.11 Å². The molecule has 0 spiro atoms. The van der Waals surface area contributed by atoms with Gasteiger partial charge in [-0.15, -0.1) is 0 Å². The molecule has 1 aromatic heterocycles. The Morgan fingerprint density at radius 3 is 2.58 bits per heavy atom. The molecule has 1 heterocycles. The summed E-state index contributed by atoms with van der Waals surface area (Å²) in [7, 11) is 2.07. The minimum Gasteiger partial charge on any atom is -0.392 e. The van der Waals surface area contributed by atoms with Crippen molar-refractivity contribution in [2.45, 2.75) is 13.0 Å². The quantitative estimate of drug-likeness (QED) is 0.920. The van der Waals surface area contributed by atoms with Crippen LogP contribution in [0.15, 0.2) is 47.2 Å². The highest BCUT2D eigenvalue weighted by molar-refractivity contribution is 9.10. The fraction of sp³-hybridized carbons (Fsp3) is 0.267. The third kappa shape index (κ3) is 3.78. The van der Waals surface area contributed by atoms with E-state index in [0.717, 1.165) is 28.7 Å². The van der Waals surface area contributed by atoms with Gasteiger partial charge in [0.1, 0.15) is 0 Å². The van der Waals surface area contributed by atoms with E-state index in [-0.39, 0.29) is 6.61 Å². The van der Waals surface area contributed by atoms with Crippen LogP contribution in [0.3, 0.4) is 0 Å². The summed E-state index contributed by atoms with van der Waals surface area (Å²) in [5, 5.41) is 9.15. The first kappa shape index (κ1) is 14.0. The van der Waals surface area contributed by atoms with Crippen LogP contribution in [0.4, 0.5) is 5.69 Å². The Morgan fingerprint density at radius 1 is 1.21 bits per heavy atom. The van der Waals surface area contributed by atoms with E-state index >= 15 is 0 Å². The number of likely N-dealkylation sites (N-methyl/N-ethyl adjacent to an activating group) is 1. The lowest BCUT2D eigenvalue weighted by molar-refractivity contribution is 0.281. The van der Waals surface area contributed by atoms with Gasteiger partial charge < -0.3 is 10.0 Å². The molecule has 0 amide bonds. The van der Waals surface area contributed by atoms with Gasteiger partial charge in [-0.1, -0.05) is 22.0 Å². The van der Waals surface area contributed by atoms with E-state index < -0.39 is 0 Å². The Bertz CT molecular complexity index is 531. The van der Waals surface area contributed by atoms with Crippen molar-refractivity contribution in [1.82, 2.24) is 4.98 Å². The fourth-order valence-electron chi connectivity index (χ4n) is 1.88. The van der Waals surface area contributed by atoms with E-state index in [1.807, 2.05) is 42.7 Å². The van der Waals surface area contributed by atoms with Gasteiger partial charge in [0.15, 0.2) is 0 Å². The van der Waals surface area contributed by atoms with Gasteiger partial charge in [0.25, 0.3) is 0 Å². The molecule has 0 saturated carbocycles. The molecule has 2 aromatic rings. The van der Waals surface area contributed by atoms with Crippen LogP contribution in [0.5, 0.6) is 0 Å². The fourth-order valence-corrected chi connectivity index (χ4v) is 2.37. The Hall–Kier alpha value is -1.39. The van der Waals surface area contributed by atoms with Crippen LogP contribution in [-0.4, -0.2) is 23.7 Å². The molecule has 0 atom stereocenters. The number of hydrogen-bond acceptors (Lipinski definition) is 3. The summed E-state index contributed by atoms with van der Waals surface area (Å²) in [4.78, 5) is 6.22. The van der Waals surface area contributed by atoms with Gasteiger partial charge in [-0.2, -0.15) is 0 Å². The molecule has 4 heteroatoms. The third-order valence-electron chi connectivity index (χ3n) is 3.13. The van der Waals surface area contributed by atoms with Crippen LogP contribution in [0, 0.1) is 0 Å². The number of halogens is 1. The molecule has 0 aliphatic carbocycles. The Labute approximate surface area is 122 Å². The number of benzene rings is 1. The first-order chi connectivity index (χ1) is 9.20. The Morgan fingerprint density at radius 2 is 1.95 bits per heavy atom. The minimum absolute atomic E-state index is 0.0571. The van der Waals surface area contributed by atoms with E-state index in [9.17, 15) is 0 Å². The van der Waals surface area contributed by atoms with Crippen LogP contribution >= 0.6 is 15.9 Å². The zero-order valence-electron chi connectivity index (χ0n) is 10.9. The summed E-state index contributed by atoms with van der Waals surface area (Å²) >= 11 is 3.48. The number of rotatable bonds is 5. The van der Waals surface area contributed by atoms with Gasteiger partial charge in [0, 0.05) is 36.1 Å². The van der Waals surface area contributed by atoms with Crippen molar-refractivity contribution in [3.05, 3.63) is 58.3 Å². The van der Waals surface area contributed by atoms with Gasteiger partial charge >= 0.3 is 0 Å². The zero-order valence-corrected chi connectivity index (χ0v) is 12.5. The van der Waals surface area contributed by atoms with Crippen molar-refractivity contribution in [2.75, 3.05) is 18.5 Å². The minimum atomic E-state index is 0.0571. The van der Waals surface area contributed by atoms with Crippen LogP contribution in [0.25, 0.3) is 0 Å². The van der Waals surface area contributed by atoms with Crippen molar-refractivity contribution >= 4 is 21.6 Å². The average molecular weight is 321 g/mol. The van der Waals surface area contributed by atoms with Crippen LogP contribution in [0.2, 0.25) is 0 Å². The summed E-state index contributed by atoms with van der Waals surface area (Å²) in [6.45, 7) is 0.997. The number of aliphatic hydroxyl groups excluding tert-OH is 1. The maximum absolute atomic E-state index is 9.15. The molecule has 0 bridgehead atoms. The third-order valence-corrected chi connectivity index (χ3v) is 3.87. The lowest BCUT2D eigenvalue weighted by atomic mass is 10.1. The standard InChI is InChI=1S/C15H17BrN2O/c1-18(9-6-12-4-7-17-8-5-12)14-3-2-13(11-19)15(16)10-14/h2-5,7-8,10,19H,6,9,11H2,1H3. The summed E-state index contributed by atoms with van der Waals surface area (Å²) < 4.78 is 0.947. The number of aromatic nitrogens is 1. The van der Waals surface area contributed by atoms with Crippen molar-refractivity contribution in [3.8, 4) is 0 Å². The highest BCUT2D eigenvalue weighted by Crippen LogP contribution is 2.23. The number of hydrogen-bond donors (Lipinski definition) is 1. The van der Waals surface area contributed by atoms with Crippen LogP contribution in [-0.2, 0) is 13.0 Å². The van der Waals surface area contributed by atoms with E-state index in [0.29, 0.717) is 0 Å². The number of nitrogens with zero attached hydrogens (tertiary/aromatic N) is 2. The van der Waals surface area contributed by atoms with E-state index in [4.69, 9.17) is 5.11 Å². The second-order valence-electron chi connectivity index (χ2n) is 4.46. The molecular weight excluding hydrogens is 304 g/mol. The smallest absolute Gasteiger partial charge is 0.0692 e. The Kier molecular flexibility index (Phi) is 4.93. The normalized spacial score (nSPS) is 10.5. The van der Waals surface area contributed by atoms with E-state index in [2.05, 4.69) is 32.9 Å². The van der Waals surface area contributed by atoms with Gasteiger partial charge in [-0.3, -0.25) is 4.98 Å². The number of anilines is 1. The predicted molar refractivity (Wildman–Crippen MR) is 81.3 cm³/mol. The summed E-state index contributed by atoms with van der Waals surface area (Å²) in [6.07, 6.45) is 4.63. The molecular formula is C15H17BrN2O. The first-order valence-corrected chi connectivity index (χ1v) is 6.99.